The van der Waals surface area contributed by atoms with Crippen LogP contribution in [0.2, 0.25) is 0 Å². The summed E-state index contributed by atoms with van der Waals surface area (Å²) in [6.07, 6.45) is 9.36. The molecule has 1 aliphatic rings. The van der Waals surface area contributed by atoms with Gasteiger partial charge in [0.25, 0.3) is 0 Å². The average Bonchev–Trinajstić information content (AvgIpc) is 2.53. The van der Waals surface area contributed by atoms with E-state index in [0.717, 1.165) is 45.1 Å². The predicted octanol–water partition coefficient (Wildman–Crippen LogP) is 3.32. The molecule has 0 aromatic carbocycles. The molecule has 6 heteroatoms. The summed E-state index contributed by atoms with van der Waals surface area (Å²) in [7, 11) is 1.80. The van der Waals surface area contributed by atoms with Crippen LogP contribution >= 0.6 is 24.0 Å². The second-order valence-electron chi connectivity index (χ2n) is 6.18. The largest absolute Gasteiger partial charge is 0.379 e. The maximum Gasteiger partial charge on any atom is 0.190 e. The summed E-state index contributed by atoms with van der Waals surface area (Å²) in [4.78, 5) is 4.22. The van der Waals surface area contributed by atoms with Crippen LogP contribution < -0.4 is 10.6 Å². The van der Waals surface area contributed by atoms with Gasteiger partial charge in [-0.15, -0.1) is 24.0 Å². The summed E-state index contributed by atoms with van der Waals surface area (Å²) >= 11 is 0. The smallest absolute Gasteiger partial charge is 0.190 e. The van der Waals surface area contributed by atoms with Gasteiger partial charge >= 0.3 is 0 Å². The Bertz CT molecular complexity index is 296. The van der Waals surface area contributed by atoms with E-state index in [1.807, 2.05) is 0 Å². The number of halogens is 1. The Hall–Kier alpha value is -0.0800. The van der Waals surface area contributed by atoms with Crippen molar-refractivity contribution in [1.29, 1.82) is 0 Å². The minimum Gasteiger partial charge on any atom is -0.379 e. The first-order valence-electron chi connectivity index (χ1n) is 8.90. The lowest BCUT2D eigenvalue weighted by atomic mass is 9.98. The van der Waals surface area contributed by atoms with Crippen LogP contribution in [0.5, 0.6) is 0 Å². The summed E-state index contributed by atoms with van der Waals surface area (Å²) < 4.78 is 11.4. The lowest BCUT2D eigenvalue weighted by molar-refractivity contribution is 0.0277. The van der Waals surface area contributed by atoms with Gasteiger partial charge in [-0.3, -0.25) is 4.99 Å². The Morgan fingerprint density at radius 3 is 2.22 bits per heavy atom. The van der Waals surface area contributed by atoms with Crippen molar-refractivity contribution in [3.63, 3.8) is 0 Å². The average molecular weight is 441 g/mol. The summed E-state index contributed by atoms with van der Waals surface area (Å²) in [6, 6.07) is 0. The molecule has 0 heterocycles. The third kappa shape index (κ3) is 12.9. The van der Waals surface area contributed by atoms with Gasteiger partial charge in [0.05, 0.1) is 12.2 Å². The molecule has 0 radical (unpaired) electrons. The highest BCUT2D eigenvalue weighted by molar-refractivity contribution is 14.0. The van der Waals surface area contributed by atoms with Crippen molar-refractivity contribution in [3.8, 4) is 0 Å². The number of ether oxygens (including phenoxy) is 2. The number of hydrogen-bond acceptors (Lipinski definition) is 3. The van der Waals surface area contributed by atoms with Crippen molar-refractivity contribution in [1.82, 2.24) is 10.6 Å². The first-order chi connectivity index (χ1) is 10.7. The normalized spacial score (nSPS) is 16.3. The summed E-state index contributed by atoms with van der Waals surface area (Å²) in [5.41, 5.74) is 0. The molecule has 2 N–H and O–H groups in total. The van der Waals surface area contributed by atoms with Gasteiger partial charge in [-0.2, -0.15) is 0 Å². The lowest BCUT2D eigenvalue weighted by Gasteiger charge is -2.22. The molecule has 1 saturated carbocycles. The molecule has 5 nitrogen and oxygen atoms in total. The highest BCUT2D eigenvalue weighted by atomic mass is 127. The first kappa shape index (κ1) is 22.9. The van der Waals surface area contributed by atoms with E-state index in [0.29, 0.717) is 12.2 Å². The Morgan fingerprint density at radius 2 is 1.65 bits per heavy atom. The monoisotopic (exact) mass is 441 g/mol. The zero-order valence-electron chi connectivity index (χ0n) is 15.1. The quantitative estimate of drug-likeness (QED) is 0.236. The van der Waals surface area contributed by atoms with Gasteiger partial charge in [0.2, 0.25) is 0 Å². The zero-order valence-corrected chi connectivity index (χ0v) is 17.4. The summed E-state index contributed by atoms with van der Waals surface area (Å²) in [5, 5.41) is 6.63. The SMILES string of the molecule is CN=C(NCCCOC(C)C)NCCCOC1CCCCC1.I. The molecule has 0 bridgehead atoms. The van der Waals surface area contributed by atoms with Gasteiger partial charge in [0.1, 0.15) is 0 Å². The molecule has 23 heavy (non-hydrogen) atoms. The Balaban J connectivity index is 0.00000484. The second-order valence-corrected chi connectivity index (χ2v) is 6.18. The van der Waals surface area contributed by atoms with Gasteiger partial charge in [-0.1, -0.05) is 19.3 Å². The molecular weight excluding hydrogens is 405 g/mol. The van der Waals surface area contributed by atoms with Crippen LogP contribution in [0, 0.1) is 0 Å². The van der Waals surface area contributed by atoms with Gasteiger partial charge in [0, 0.05) is 33.4 Å². The third-order valence-corrected chi connectivity index (χ3v) is 3.81. The highest BCUT2D eigenvalue weighted by Gasteiger charge is 2.12. The molecule has 0 aliphatic heterocycles. The second kappa shape index (κ2) is 15.4. The lowest BCUT2D eigenvalue weighted by Crippen LogP contribution is -2.38. The minimum absolute atomic E-state index is 0. The van der Waals surface area contributed by atoms with E-state index < -0.39 is 0 Å². The summed E-state index contributed by atoms with van der Waals surface area (Å²) in [6.45, 7) is 7.53. The number of aliphatic imine (C=N–C) groups is 1. The molecular formula is C17H36IN3O2. The first-order valence-corrected chi connectivity index (χ1v) is 8.90. The Labute approximate surface area is 159 Å². The van der Waals surface area contributed by atoms with E-state index in [4.69, 9.17) is 9.47 Å². The van der Waals surface area contributed by atoms with E-state index in [1.165, 1.54) is 32.1 Å². The van der Waals surface area contributed by atoms with Crippen LogP contribution in [0.3, 0.4) is 0 Å². The van der Waals surface area contributed by atoms with Gasteiger partial charge in [-0.25, -0.2) is 0 Å². The van der Waals surface area contributed by atoms with E-state index in [-0.39, 0.29) is 24.0 Å². The molecule has 0 aromatic heterocycles. The van der Waals surface area contributed by atoms with Crippen LogP contribution in [0.1, 0.15) is 58.8 Å². The Morgan fingerprint density at radius 1 is 1.04 bits per heavy atom. The Kier molecular flexibility index (Phi) is 15.4. The fraction of sp³-hybridized carbons (Fsp3) is 0.941. The topological polar surface area (TPSA) is 54.9 Å². The number of hydrogen-bond donors (Lipinski definition) is 2. The minimum atomic E-state index is 0. The third-order valence-electron chi connectivity index (χ3n) is 3.81. The van der Waals surface area contributed by atoms with Gasteiger partial charge in [0.15, 0.2) is 5.96 Å². The molecule has 0 amide bonds. The number of nitrogens with zero attached hydrogens (tertiary/aromatic N) is 1. The van der Waals surface area contributed by atoms with Crippen molar-refractivity contribution in [2.45, 2.75) is 71.0 Å². The van der Waals surface area contributed by atoms with Crippen LogP contribution in [-0.2, 0) is 9.47 Å². The van der Waals surface area contributed by atoms with Crippen LogP contribution in [0.15, 0.2) is 4.99 Å². The van der Waals surface area contributed by atoms with Crippen molar-refractivity contribution in [3.05, 3.63) is 0 Å². The fourth-order valence-corrected chi connectivity index (χ4v) is 2.58. The summed E-state index contributed by atoms with van der Waals surface area (Å²) in [5.74, 6) is 0.863. The van der Waals surface area contributed by atoms with E-state index >= 15 is 0 Å². The standard InChI is InChI=1S/C17H35N3O2.HI/c1-15(2)21-13-7-11-19-17(18-3)20-12-8-14-22-16-9-5-4-6-10-16;/h15-16H,4-14H2,1-3H3,(H2,18,19,20);1H. The predicted molar refractivity (Wildman–Crippen MR) is 108 cm³/mol. The van der Waals surface area contributed by atoms with E-state index in [9.17, 15) is 0 Å². The molecule has 0 unspecified atom stereocenters. The maximum atomic E-state index is 5.92. The molecule has 1 aliphatic carbocycles. The molecule has 1 fully saturated rings. The fourth-order valence-electron chi connectivity index (χ4n) is 2.58. The maximum absolute atomic E-state index is 5.92. The molecule has 138 valence electrons. The molecule has 0 atom stereocenters. The van der Waals surface area contributed by atoms with Crippen LogP contribution in [-0.4, -0.2) is 51.5 Å². The number of rotatable bonds is 10. The number of nitrogens with one attached hydrogen (secondary N) is 2. The van der Waals surface area contributed by atoms with Gasteiger partial charge < -0.3 is 20.1 Å². The molecule has 1 rings (SSSR count). The van der Waals surface area contributed by atoms with Crippen molar-refractivity contribution in [2.24, 2.45) is 4.99 Å². The highest BCUT2D eigenvalue weighted by Crippen LogP contribution is 2.20. The van der Waals surface area contributed by atoms with E-state index in [1.54, 1.807) is 7.05 Å². The van der Waals surface area contributed by atoms with Crippen LogP contribution in [0.25, 0.3) is 0 Å². The van der Waals surface area contributed by atoms with Crippen molar-refractivity contribution < 1.29 is 9.47 Å². The molecule has 0 saturated heterocycles. The van der Waals surface area contributed by atoms with Crippen molar-refractivity contribution >= 4 is 29.9 Å². The van der Waals surface area contributed by atoms with Crippen LogP contribution in [0.4, 0.5) is 0 Å². The number of guanidine groups is 1. The van der Waals surface area contributed by atoms with Crippen molar-refractivity contribution in [2.75, 3.05) is 33.4 Å². The van der Waals surface area contributed by atoms with E-state index in [2.05, 4.69) is 29.5 Å². The molecule has 0 spiro atoms. The van der Waals surface area contributed by atoms with Gasteiger partial charge in [-0.05, 0) is 39.5 Å². The molecule has 0 aromatic rings. The zero-order chi connectivity index (χ0) is 16.0.